The van der Waals surface area contributed by atoms with Crippen molar-refractivity contribution in [1.82, 2.24) is 4.72 Å². The average molecular weight is 248 g/mol. The van der Waals surface area contributed by atoms with Crippen LogP contribution in [0.25, 0.3) is 0 Å². The van der Waals surface area contributed by atoms with E-state index in [2.05, 4.69) is 4.72 Å². The standard InChI is InChI=1S/C11H24N2O2S/c1-2-10(12)8-9-13-16(14,15)11-6-4-3-5-7-11/h10-11,13H,2-9,12H2,1H3. The lowest BCUT2D eigenvalue weighted by atomic mass is 10.0. The van der Waals surface area contributed by atoms with Gasteiger partial charge in [0.05, 0.1) is 5.25 Å². The fourth-order valence-corrected chi connectivity index (χ4v) is 3.68. The number of nitrogens with two attached hydrogens (primary N) is 1. The van der Waals surface area contributed by atoms with E-state index in [4.69, 9.17) is 5.73 Å². The van der Waals surface area contributed by atoms with Gasteiger partial charge in [-0.15, -0.1) is 0 Å². The minimum absolute atomic E-state index is 0.106. The van der Waals surface area contributed by atoms with Crippen molar-refractivity contribution in [2.75, 3.05) is 6.54 Å². The molecule has 0 aromatic carbocycles. The quantitative estimate of drug-likeness (QED) is 0.745. The summed E-state index contributed by atoms with van der Waals surface area (Å²) in [6.45, 7) is 2.49. The Bertz CT molecular complexity index is 284. The Morgan fingerprint density at radius 1 is 1.31 bits per heavy atom. The molecule has 0 aromatic rings. The minimum Gasteiger partial charge on any atom is -0.328 e. The van der Waals surface area contributed by atoms with Gasteiger partial charge in [0.2, 0.25) is 10.0 Å². The Labute approximate surface area is 99.0 Å². The monoisotopic (exact) mass is 248 g/mol. The van der Waals surface area contributed by atoms with Gasteiger partial charge in [-0.25, -0.2) is 13.1 Å². The van der Waals surface area contributed by atoms with Gasteiger partial charge < -0.3 is 5.73 Å². The number of sulfonamides is 1. The first kappa shape index (κ1) is 13.9. The SMILES string of the molecule is CCC(N)CCNS(=O)(=O)C1CCCCC1. The van der Waals surface area contributed by atoms with Gasteiger partial charge in [0.25, 0.3) is 0 Å². The molecule has 3 N–H and O–H groups in total. The normalized spacial score (nSPS) is 20.9. The van der Waals surface area contributed by atoms with Crippen LogP contribution in [0.3, 0.4) is 0 Å². The third-order valence-corrected chi connectivity index (χ3v) is 5.29. The fraction of sp³-hybridized carbons (Fsp3) is 1.00. The minimum atomic E-state index is -3.09. The van der Waals surface area contributed by atoms with E-state index < -0.39 is 10.0 Å². The smallest absolute Gasteiger partial charge is 0.214 e. The largest absolute Gasteiger partial charge is 0.328 e. The first-order valence-electron chi connectivity index (χ1n) is 6.30. The van der Waals surface area contributed by atoms with Crippen molar-refractivity contribution < 1.29 is 8.42 Å². The lowest BCUT2D eigenvalue weighted by Gasteiger charge is -2.22. The van der Waals surface area contributed by atoms with Crippen LogP contribution in [0.1, 0.15) is 51.9 Å². The zero-order valence-electron chi connectivity index (χ0n) is 10.1. The van der Waals surface area contributed by atoms with E-state index in [1.807, 2.05) is 6.92 Å². The number of rotatable bonds is 6. The molecular formula is C11H24N2O2S. The van der Waals surface area contributed by atoms with Gasteiger partial charge in [-0.3, -0.25) is 0 Å². The van der Waals surface area contributed by atoms with Crippen molar-refractivity contribution >= 4 is 10.0 Å². The Morgan fingerprint density at radius 2 is 1.94 bits per heavy atom. The van der Waals surface area contributed by atoms with Crippen molar-refractivity contribution in [3.63, 3.8) is 0 Å². The Hall–Kier alpha value is -0.130. The summed E-state index contributed by atoms with van der Waals surface area (Å²) in [6.07, 6.45) is 6.50. The van der Waals surface area contributed by atoms with Gasteiger partial charge in [0.15, 0.2) is 0 Å². The second kappa shape index (κ2) is 6.57. The highest BCUT2D eigenvalue weighted by Gasteiger charge is 2.26. The predicted molar refractivity (Wildman–Crippen MR) is 66.7 cm³/mol. The van der Waals surface area contributed by atoms with Crippen LogP contribution in [0.4, 0.5) is 0 Å². The van der Waals surface area contributed by atoms with Crippen LogP contribution in [-0.2, 0) is 10.0 Å². The van der Waals surface area contributed by atoms with Crippen molar-refractivity contribution in [3.8, 4) is 0 Å². The molecule has 0 bridgehead atoms. The van der Waals surface area contributed by atoms with Crippen LogP contribution in [0.5, 0.6) is 0 Å². The van der Waals surface area contributed by atoms with E-state index in [-0.39, 0.29) is 11.3 Å². The molecule has 0 spiro atoms. The topological polar surface area (TPSA) is 72.2 Å². The highest BCUT2D eigenvalue weighted by atomic mass is 32.2. The third-order valence-electron chi connectivity index (χ3n) is 3.33. The molecular weight excluding hydrogens is 224 g/mol. The van der Waals surface area contributed by atoms with Crippen LogP contribution in [0.2, 0.25) is 0 Å². The predicted octanol–water partition coefficient (Wildman–Crippen LogP) is 1.37. The lowest BCUT2D eigenvalue weighted by Crippen LogP contribution is -2.37. The molecule has 16 heavy (non-hydrogen) atoms. The van der Waals surface area contributed by atoms with E-state index in [0.29, 0.717) is 6.54 Å². The van der Waals surface area contributed by atoms with E-state index >= 15 is 0 Å². The molecule has 0 aromatic heterocycles. The third kappa shape index (κ3) is 4.39. The second-order valence-electron chi connectivity index (χ2n) is 4.66. The van der Waals surface area contributed by atoms with Crippen LogP contribution < -0.4 is 10.5 Å². The zero-order chi connectivity index (χ0) is 12.0. The van der Waals surface area contributed by atoms with Gasteiger partial charge in [0.1, 0.15) is 0 Å². The first-order valence-corrected chi connectivity index (χ1v) is 7.85. The average Bonchev–Trinajstić information content (AvgIpc) is 2.30. The van der Waals surface area contributed by atoms with Gasteiger partial charge >= 0.3 is 0 Å². The number of nitrogens with one attached hydrogen (secondary N) is 1. The Kier molecular flexibility index (Phi) is 5.72. The molecule has 1 unspecified atom stereocenters. The summed E-state index contributed by atoms with van der Waals surface area (Å²) in [7, 11) is -3.09. The summed E-state index contributed by atoms with van der Waals surface area (Å²) >= 11 is 0. The molecule has 1 fully saturated rings. The summed E-state index contributed by atoms with van der Waals surface area (Å²) in [5.41, 5.74) is 5.75. The molecule has 0 aliphatic heterocycles. The van der Waals surface area contributed by atoms with Gasteiger partial charge in [0, 0.05) is 12.6 Å². The van der Waals surface area contributed by atoms with Gasteiger partial charge in [-0.05, 0) is 25.7 Å². The van der Waals surface area contributed by atoms with Crippen LogP contribution in [0, 0.1) is 0 Å². The lowest BCUT2D eigenvalue weighted by molar-refractivity contribution is 0.475. The second-order valence-corrected chi connectivity index (χ2v) is 6.70. The molecule has 5 heteroatoms. The van der Waals surface area contributed by atoms with E-state index in [1.165, 1.54) is 6.42 Å². The summed E-state index contributed by atoms with van der Waals surface area (Å²) in [6, 6.07) is 0.106. The molecule has 1 saturated carbocycles. The molecule has 1 aliphatic rings. The molecule has 0 saturated heterocycles. The molecule has 96 valence electrons. The first-order chi connectivity index (χ1) is 7.56. The summed E-state index contributed by atoms with van der Waals surface area (Å²) in [4.78, 5) is 0. The molecule has 0 heterocycles. The van der Waals surface area contributed by atoms with Crippen LogP contribution in [0.15, 0.2) is 0 Å². The summed E-state index contributed by atoms with van der Waals surface area (Å²) < 4.78 is 26.5. The van der Waals surface area contributed by atoms with Gasteiger partial charge in [-0.1, -0.05) is 26.2 Å². The summed E-state index contributed by atoms with van der Waals surface area (Å²) in [5.74, 6) is 0. The van der Waals surface area contributed by atoms with Crippen molar-refractivity contribution in [2.45, 2.75) is 63.2 Å². The Morgan fingerprint density at radius 3 is 2.50 bits per heavy atom. The molecule has 1 aliphatic carbocycles. The molecule has 4 nitrogen and oxygen atoms in total. The number of hydrogen-bond donors (Lipinski definition) is 2. The molecule has 1 atom stereocenters. The molecule has 0 amide bonds. The highest BCUT2D eigenvalue weighted by Crippen LogP contribution is 2.22. The van der Waals surface area contributed by atoms with E-state index in [9.17, 15) is 8.42 Å². The van der Waals surface area contributed by atoms with Crippen LogP contribution >= 0.6 is 0 Å². The maximum Gasteiger partial charge on any atom is 0.214 e. The Balaban J connectivity index is 2.33. The van der Waals surface area contributed by atoms with Crippen molar-refractivity contribution in [3.05, 3.63) is 0 Å². The van der Waals surface area contributed by atoms with Gasteiger partial charge in [-0.2, -0.15) is 0 Å². The highest BCUT2D eigenvalue weighted by molar-refractivity contribution is 7.90. The zero-order valence-corrected chi connectivity index (χ0v) is 10.9. The van der Waals surface area contributed by atoms with E-state index in [0.717, 1.165) is 38.5 Å². The fourth-order valence-electron chi connectivity index (χ4n) is 2.08. The maximum absolute atomic E-state index is 11.9. The molecule has 0 radical (unpaired) electrons. The van der Waals surface area contributed by atoms with Crippen molar-refractivity contribution in [2.24, 2.45) is 5.73 Å². The number of hydrogen-bond acceptors (Lipinski definition) is 3. The summed E-state index contributed by atoms with van der Waals surface area (Å²) in [5, 5.41) is -0.167. The van der Waals surface area contributed by atoms with Crippen molar-refractivity contribution in [1.29, 1.82) is 0 Å². The maximum atomic E-state index is 11.9. The van der Waals surface area contributed by atoms with E-state index in [1.54, 1.807) is 0 Å². The molecule has 1 rings (SSSR count). The van der Waals surface area contributed by atoms with Crippen LogP contribution in [-0.4, -0.2) is 26.3 Å².